The molecule has 130 valence electrons. The van der Waals surface area contributed by atoms with Gasteiger partial charge in [0.2, 0.25) is 0 Å². The molecule has 0 N–H and O–H groups in total. The van der Waals surface area contributed by atoms with Crippen molar-refractivity contribution >= 4 is 0 Å². The maximum atomic E-state index is 2.45. The highest BCUT2D eigenvalue weighted by molar-refractivity contribution is 5.64. The summed E-state index contributed by atoms with van der Waals surface area (Å²) in [7, 11) is 0. The molecule has 4 saturated carbocycles. The topological polar surface area (TPSA) is 0 Å². The summed E-state index contributed by atoms with van der Waals surface area (Å²) in [4.78, 5) is 0. The third-order valence-corrected chi connectivity index (χ3v) is 7.41. The summed E-state index contributed by atoms with van der Waals surface area (Å²) in [5, 5.41) is 0. The average molecular weight is 331 g/mol. The van der Waals surface area contributed by atoms with E-state index in [0.29, 0.717) is 5.92 Å². The van der Waals surface area contributed by atoms with Crippen molar-refractivity contribution in [1.82, 2.24) is 0 Å². The van der Waals surface area contributed by atoms with Crippen molar-refractivity contribution in [3.8, 4) is 11.1 Å². The number of benzene rings is 2. The highest BCUT2D eigenvalue weighted by Gasteiger charge is 2.48. The lowest BCUT2D eigenvalue weighted by Gasteiger charge is -2.54. The van der Waals surface area contributed by atoms with Gasteiger partial charge in [-0.1, -0.05) is 62.4 Å². The van der Waals surface area contributed by atoms with Crippen LogP contribution in [0.1, 0.15) is 68.9 Å². The van der Waals surface area contributed by atoms with Gasteiger partial charge in [0.1, 0.15) is 0 Å². The van der Waals surface area contributed by atoms with Gasteiger partial charge in [0.05, 0.1) is 0 Å². The van der Waals surface area contributed by atoms with E-state index in [9.17, 15) is 0 Å². The Morgan fingerprint density at radius 2 is 1.36 bits per heavy atom. The zero-order valence-electron chi connectivity index (χ0n) is 15.6. The Hall–Kier alpha value is -1.56. The normalized spacial score (nSPS) is 33.2. The molecule has 0 nitrogen and oxygen atoms in total. The molecule has 4 aliphatic rings. The summed E-state index contributed by atoms with van der Waals surface area (Å²) in [6.45, 7) is 4.54. The van der Waals surface area contributed by atoms with Crippen LogP contribution in [0.3, 0.4) is 0 Å². The third kappa shape index (κ3) is 2.75. The van der Waals surface area contributed by atoms with Crippen LogP contribution in [0.15, 0.2) is 48.5 Å². The van der Waals surface area contributed by atoms with E-state index in [4.69, 9.17) is 0 Å². The smallest absolute Gasteiger partial charge is 0.0105 e. The molecule has 6 rings (SSSR count). The second kappa shape index (κ2) is 6.01. The molecule has 2 aromatic rings. The van der Waals surface area contributed by atoms with Crippen molar-refractivity contribution in [2.75, 3.05) is 0 Å². The summed E-state index contributed by atoms with van der Waals surface area (Å²) < 4.78 is 0. The van der Waals surface area contributed by atoms with Gasteiger partial charge in [0.15, 0.2) is 0 Å². The molecule has 0 heteroatoms. The van der Waals surface area contributed by atoms with Gasteiger partial charge in [-0.3, -0.25) is 0 Å². The van der Waals surface area contributed by atoms with E-state index in [0.717, 1.165) is 29.6 Å². The van der Waals surface area contributed by atoms with Crippen molar-refractivity contribution in [2.24, 2.45) is 23.7 Å². The standard InChI is InChI=1S/C25H30/c1-16(2)21-4-3-5-22(15-21)19-6-8-20(9-7-19)25-23-11-17-10-18(13-23)14-24(25)12-17/h3-9,15-18,23-25H,10-14H2,1-2H3. The highest BCUT2D eigenvalue weighted by Crippen LogP contribution is 2.59. The molecule has 0 saturated heterocycles. The van der Waals surface area contributed by atoms with Gasteiger partial charge in [0, 0.05) is 0 Å². The van der Waals surface area contributed by atoms with Crippen LogP contribution in [0, 0.1) is 23.7 Å². The van der Waals surface area contributed by atoms with Gasteiger partial charge in [0.25, 0.3) is 0 Å². The number of hydrogen-bond acceptors (Lipinski definition) is 0. The summed E-state index contributed by atoms with van der Waals surface area (Å²) in [6, 6.07) is 18.7. The Bertz CT molecular complexity index is 724. The molecule has 25 heavy (non-hydrogen) atoms. The third-order valence-electron chi connectivity index (χ3n) is 7.41. The SMILES string of the molecule is CC(C)c1cccc(-c2ccc(C3C4CC5CC(C4)CC3C5)cc2)c1. The number of hydrogen-bond donors (Lipinski definition) is 0. The fourth-order valence-corrected chi connectivity index (χ4v) is 6.44. The van der Waals surface area contributed by atoms with Crippen LogP contribution in [0.4, 0.5) is 0 Å². The van der Waals surface area contributed by atoms with Crippen molar-refractivity contribution in [1.29, 1.82) is 0 Å². The maximum absolute atomic E-state index is 2.45. The maximum Gasteiger partial charge on any atom is -0.0105 e. The molecule has 0 aliphatic heterocycles. The van der Waals surface area contributed by atoms with Crippen molar-refractivity contribution in [3.05, 3.63) is 59.7 Å². The van der Waals surface area contributed by atoms with Crippen molar-refractivity contribution in [3.63, 3.8) is 0 Å². The molecule has 4 aliphatic carbocycles. The Morgan fingerprint density at radius 3 is 1.96 bits per heavy atom. The second-order valence-electron chi connectivity index (χ2n) is 9.36. The fourth-order valence-electron chi connectivity index (χ4n) is 6.44. The first-order valence-electron chi connectivity index (χ1n) is 10.4. The second-order valence-corrected chi connectivity index (χ2v) is 9.36. The van der Waals surface area contributed by atoms with E-state index < -0.39 is 0 Å². The Kier molecular flexibility index (Phi) is 3.77. The zero-order chi connectivity index (χ0) is 17.0. The molecule has 0 radical (unpaired) electrons. The predicted octanol–water partition coefficient (Wildman–Crippen LogP) is 7.02. The van der Waals surface area contributed by atoms with Gasteiger partial charge in [-0.05, 0) is 89.9 Å². The van der Waals surface area contributed by atoms with E-state index in [1.807, 2.05) is 0 Å². The van der Waals surface area contributed by atoms with Gasteiger partial charge >= 0.3 is 0 Å². The molecule has 2 aromatic carbocycles. The molecular weight excluding hydrogens is 300 g/mol. The van der Waals surface area contributed by atoms with Gasteiger partial charge in [-0.15, -0.1) is 0 Å². The lowest BCUT2D eigenvalue weighted by Crippen LogP contribution is -2.43. The minimum atomic E-state index is 0.590. The molecule has 0 unspecified atom stereocenters. The molecule has 0 amide bonds. The zero-order valence-corrected chi connectivity index (χ0v) is 15.6. The lowest BCUT2D eigenvalue weighted by atomic mass is 9.51. The quantitative estimate of drug-likeness (QED) is 0.567. The Morgan fingerprint density at radius 1 is 0.720 bits per heavy atom. The van der Waals surface area contributed by atoms with Gasteiger partial charge in [-0.25, -0.2) is 0 Å². The Balaban J connectivity index is 1.41. The minimum Gasteiger partial charge on any atom is -0.0614 e. The first kappa shape index (κ1) is 15.7. The largest absolute Gasteiger partial charge is 0.0614 e. The van der Waals surface area contributed by atoms with E-state index in [1.165, 1.54) is 42.4 Å². The molecule has 4 bridgehead atoms. The summed E-state index contributed by atoms with van der Waals surface area (Å²) in [6.07, 6.45) is 7.59. The summed E-state index contributed by atoms with van der Waals surface area (Å²) in [5.74, 6) is 5.53. The Labute approximate surface area is 152 Å². The predicted molar refractivity (Wildman–Crippen MR) is 106 cm³/mol. The van der Waals surface area contributed by atoms with E-state index >= 15 is 0 Å². The van der Waals surface area contributed by atoms with Crippen LogP contribution >= 0.6 is 0 Å². The van der Waals surface area contributed by atoms with Crippen LogP contribution < -0.4 is 0 Å². The monoisotopic (exact) mass is 330 g/mol. The molecule has 0 atom stereocenters. The average Bonchev–Trinajstić information content (AvgIpc) is 2.61. The molecule has 0 spiro atoms. The fraction of sp³-hybridized carbons (Fsp3) is 0.520. The summed E-state index contributed by atoms with van der Waals surface area (Å²) >= 11 is 0. The van der Waals surface area contributed by atoms with E-state index in [2.05, 4.69) is 62.4 Å². The lowest BCUT2D eigenvalue weighted by molar-refractivity contribution is -0.00277. The van der Waals surface area contributed by atoms with Crippen LogP contribution in [-0.2, 0) is 0 Å². The summed E-state index contributed by atoms with van der Waals surface area (Å²) in [5.41, 5.74) is 5.79. The molecule has 0 heterocycles. The van der Waals surface area contributed by atoms with Crippen LogP contribution in [0.25, 0.3) is 11.1 Å². The highest BCUT2D eigenvalue weighted by atomic mass is 14.5. The molecule has 0 aromatic heterocycles. The minimum absolute atomic E-state index is 0.590. The van der Waals surface area contributed by atoms with Gasteiger partial charge < -0.3 is 0 Å². The van der Waals surface area contributed by atoms with Crippen LogP contribution in [0.5, 0.6) is 0 Å². The molecular formula is C25H30. The van der Waals surface area contributed by atoms with E-state index in [1.54, 1.807) is 12.0 Å². The van der Waals surface area contributed by atoms with E-state index in [-0.39, 0.29) is 0 Å². The van der Waals surface area contributed by atoms with Crippen LogP contribution in [0.2, 0.25) is 0 Å². The first-order chi connectivity index (χ1) is 12.2. The number of rotatable bonds is 3. The van der Waals surface area contributed by atoms with Crippen LogP contribution in [-0.4, -0.2) is 0 Å². The van der Waals surface area contributed by atoms with Crippen molar-refractivity contribution in [2.45, 2.75) is 57.8 Å². The first-order valence-corrected chi connectivity index (χ1v) is 10.4. The molecule has 4 fully saturated rings. The van der Waals surface area contributed by atoms with Crippen molar-refractivity contribution < 1.29 is 0 Å². The van der Waals surface area contributed by atoms with Gasteiger partial charge in [-0.2, -0.15) is 0 Å².